The molecule has 0 aliphatic rings. The smallest absolute Gasteiger partial charge is 0.346 e. The summed E-state index contributed by atoms with van der Waals surface area (Å²) in [6.45, 7) is 5.18. The van der Waals surface area contributed by atoms with E-state index in [1.54, 1.807) is 63.2 Å². The molecule has 0 amide bonds. The van der Waals surface area contributed by atoms with Gasteiger partial charge in [0.1, 0.15) is 11.7 Å². The summed E-state index contributed by atoms with van der Waals surface area (Å²) in [6.07, 6.45) is -1.05. The first-order valence-electron chi connectivity index (χ1n) is 8.06. The first-order valence-corrected chi connectivity index (χ1v) is 8.44. The average molecular weight is 378 g/mol. The van der Waals surface area contributed by atoms with Gasteiger partial charge in [0.05, 0.1) is 0 Å². The number of benzene rings is 2. The SMILES string of the molecule is CC(C)(C)OC(=O)C(N)(N)c1cccc(C(O)c2cc(Cl)ccc2N)c1. The molecule has 0 radical (unpaired) electrons. The number of hydrogen-bond donors (Lipinski definition) is 4. The Kier molecular flexibility index (Phi) is 5.63. The van der Waals surface area contributed by atoms with Gasteiger partial charge in [-0.2, -0.15) is 0 Å². The third kappa shape index (κ3) is 4.53. The number of anilines is 1. The molecule has 0 bridgehead atoms. The van der Waals surface area contributed by atoms with Crippen LogP contribution in [0.15, 0.2) is 42.5 Å². The van der Waals surface area contributed by atoms with Crippen LogP contribution in [0.2, 0.25) is 5.02 Å². The highest BCUT2D eigenvalue weighted by Gasteiger charge is 2.36. The summed E-state index contributed by atoms with van der Waals surface area (Å²) in [7, 11) is 0. The Bertz CT molecular complexity index is 816. The van der Waals surface area contributed by atoms with Gasteiger partial charge in [-0.05, 0) is 56.2 Å². The molecule has 0 aromatic heterocycles. The predicted molar refractivity (Wildman–Crippen MR) is 102 cm³/mol. The number of aliphatic hydroxyl groups is 1. The number of nitrogens with two attached hydrogens (primary N) is 3. The van der Waals surface area contributed by atoms with Gasteiger partial charge in [-0.25, -0.2) is 4.79 Å². The molecule has 1 unspecified atom stereocenters. The minimum absolute atomic E-state index is 0.309. The number of carbonyl (C=O) groups is 1. The largest absolute Gasteiger partial charge is 0.457 e. The molecular formula is C19H24ClN3O3. The Morgan fingerprint density at radius 2 is 1.81 bits per heavy atom. The van der Waals surface area contributed by atoms with Crippen molar-refractivity contribution in [3.63, 3.8) is 0 Å². The lowest BCUT2D eigenvalue weighted by Gasteiger charge is -2.29. The highest BCUT2D eigenvalue weighted by atomic mass is 35.5. The second-order valence-electron chi connectivity index (χ2n) is 7.17. The second kappa shape index (κ2) is 7.25. The fourth-order valence-electron chi connectivity index (χ4n) is 2.41. The summed E-state index contributed by atoms with van der Waals surface area (Å²) in [5.74, 6) is -0.765. The molecular weight excluding hydrogens is 354 g/mol. The maximum Gasteiger partial charge on any atom is 0.346 e. The van der Waals surface area contributed by atoms with Gasteiger partial charge in [0.25, 0.3) is 0 Å². The zero-order valence-electron chi connectivity index (χ0n) is 15.0. The fraction of sp³-hybridized carbons (Fsp3) is 0.316. The third-order valence-electron chi connectivity index (χ3n) is 3.76. The van der Waals surface area contributed by atoms with Crippen molar-refractivity contribution in [2.75, 3.05) is 5.73 Å². The summed E-state index contributed by atoms with van der Waals surface area (Å²) in [5, 5.41) is 11.1. The van der Waals surface area contributed by atoms with Crippen molar-refractivity contribution in [3.8, 4) is 0 Å². The molecule has 0 aliphatic carbocycles. The Labute approximate surface area is 157 Å². The van der Waals surface area contributed by atoms with E-state index >= 15 is 0 Å². The van der Waals surface area contributed by atoms with Crippen molar-refractivity contribution in [1.29, 1.82) is 0 Å². The van der Waals surface area contributed by atoms with Crippen LogP contribution in [-0.2, 0) is 15.2 Å². The third-order valence-corrected chi connectivity index (χ3v) is 4.00. The molecule has 140 valence electrons. The number of nitrogen functional groups attached to an aromatic ring is 1. The maximum absolute atomic E-state index is 12.4. The fourth-order valence-corrected chi connectivity index (χ4v) is 2.59. The molecule has 2 aromatic carbocycles. The highest BCUT2D eigenvalue weighted by molar-refractivity contribution is 6.30. The van der Waals surface area contributed by atoms with E-state index in [-0.39, 0.29) is 0 Å². The summed E-state index contributed by atoms with van der Waals surface area (Å²) in [4.78, 5) is 12.4. The van der Waals surface area contributed by atoms with E-state index in [0.717, 1.165) is 0 Å². The van der Waals surface area contributed by atoms with Gasteiger partial charge in [0, 0.05) is 16.3 Å². The van der Waals surface area contributed by atoms with Crippen LogP contribution in [0.3, 0.4) is 0 Å². The first-order chi connectivity index (χ1) is 11.9. The van der Waals surface area contributed by atoms with E-state index in [0.29, 0.717) is 27.4 Å². The van der Waals surface area contributed by atoms with Gasteiger partial charge in [0.2, 0.25) is 0 Å². The molecule has 0 saturated carbocycles. The van der Waals surface area contributed by atoms with Crippen molar-refractivity contribution < 1.29 is 14.6 Å². The maximum atomic E-state index is 12.4. The van der Waals surface area contributed by atoms with Crippen molar-refractivity contribution in [3.05, 3.63) is 64.2 Å². The lowest BCUT2D eigenvalue weighted by molar-refractivity contribution is -0.162. The molecule has 0 aliphatic heterocycles. The highest BCUT2D eigenvalue weighted by Crippen LogP contribution is 2.30. The molecule has 2 rings (SSSR count). The molecule has 2 aromatic rings. The standard InChI is InChI=1S/C19H24ClN3O3/c1-18(2,3)26-17(25)19(22,23)12-6-4-5-11(9-12)16(24)14-10-13(20)7-8-15(14)21/h4-10,16,24H,21-23H2,1-3H3. The lowest BCUT2D eigenvalue weighted by atomic mass is 9.94. The molecule has 7 heteroatoms. The number of esters is 1. The van der Waals surface area contributed by atoms with E-state index in [4.69, 9.17) is 33.5 Å². The van der Waals surface area contributed by atoms with Crippen molar-refractivity contribution in [2.24, 2.45) is 11.5 Å². The first kappa shape index (κ1) is 20.2. The summed E-state index contributed by atoms with van der Waals surface area (Å²) in [5.41, 5.74) is 17.0. The Balaban J connectivity index is 2.38. The summed E-state index contributed by atoms with van der Waals surface area (Å²) < 4.78 is 5.29. The average Bonchev–Trinajstić information content (AvgIpc) is 2.55. The number of halogens is 1. The summed E-state index contributed by atoms with van der Waals surface area (Å²) in [6, 6.07) is 11.3. The normalized spacial score (nSPS) is 13.3. The number of carbonyl (C=O) groups excluding carboxylic acids is 1. The second-order valence-corrected chi connectivity index (χ2v) is 7.61. The minimum atomic E-state index is -1.86. The van der Waals surface area contributed by atoms with Crippen LogP contribution < -0.4 is 17.2 Å². The number of rotatable bonds is 4. The monoisotopic (exact) mass is 377 g/mol. The topological polar surface area (TPSA) is 125 Å². The number of aliphatic hydroxyl groups excluding tert-OH is 1. The zero-order valence-corrected chi connectivity index (χ0v) is 15.7. The Morgan fingerprint density at radius 1 is 1.15 bits per heavy atom. The van der Waals surface area contributed by atoms with Gasteiger partial charge in [0.15, 0.2) is 5.66 Å². The number of ether oxygens (including phenoxy) is 1. The van der Waals surface area contributed by atoms with E-state index in [1.165, 1.54) is 0 Å². The van der Waals surface area contributed by atoms with Crippen molar-refractivity contribution >= 4 is 23.3 Å². The van der Waals surface area contributed by atoms with Gasteiger partial charge in [-0.3, -0.25) is 0 Å². The van der Waals surface area contributed by atoms with Gasteiger partial charge in [-0.15, -0.1) is 0 Å². The van der Waals surface area contributed by atoms with Crippen molar-refractivity contribution in [1.82, 2.24) is 0 Å². The Hall–Kier alpha value is -2.12. The van der Waals surface area contributed by atoms with Crippen LogP contribution in [0.5, 0.6) is 0 Å². The molecule has 6 nitrogen and oxygen atoms in total. The van der Waals surface area contributed by atoms with E-state index in [1.807, 2.05) is 0 Å². The molecule has 0 fully saturated rings. The molecule has 0 spiro atoms. The van der Waals surface area contributed by atoms with Gasteiger partial charge in [-0.1, -0.05) is 29.8 Å². The molecule has 0 saturated heterocycles. The van der Waals surface area contributed by atoms with Crippen LogP contribution in [0.1, 0.15) is 43.6 Å². The van der Waals surface area contributed by atoms with E-state index < -0.39 is 23.3 Å². The molecule has 0 heterocycles. The van der Waals surface area contributed by atoms with E-state index in [9.17, 15) is 9.90 Å². The lowest BCUT2D eigenvalue weighted by Crippen LogP contribution is -2.55. The predicted octanol–water partition coefficient (Wildman–Crippen LogP) is 2.42. The zero-order chi connectivity index (χ0) is 19.7. The quantitative estimate of drug-likeness (QED) is 0.368. The Morgan fingerprint density at radius 3 is 2.42 bits per heavy atom. The van der Waals surface area contributed by atoms with Crippen LogP contribution in [0.4, 0.5) is 5.69 Å². The van der Waals surface area contributed by atoms with Crippen LogP contribution in [0, 0.1) is 0 Å². The van der Waals surface area contributed by atoms with Crippen LogP contribution in [0.25, 0.3) is 0 Å². The van der Waals surface area contributed by atoms with Crippen LogP contribution in [-0.4, -0.2) is 16.7 Å². The molecule has 26 heavy (non-hydrogen) atoms. The number of hydrogen-bond acceptors (Lipinski definition) is 6. The molecule has 7 N–H and O–H groups in total. The van der Waals surface area contributed by atoms with E-state index in [2.05, 4.69) is 0 Å². The van der Waals surface area contributed by atoms with Crippen molar-refractivity contribution in [2.45, 2.75) is 38.1 Å². The van der Waals surface area contributed by atoms with Crippen LogP contribution >= 0.6 is 11.6 Å². The van der Waals surface area contributed by atoms with Gasteiger partial charge >= 0.3 is 5.97 Å². The minimum Gasteiger partial charge on any atom is -0.457 e. The molecule has 1 atom stereocenters. The van der Waals surface area contributed by atoms with Gasteiger partial charge < -0.3 is 27.0 Å². The summed E-state index contributed by atoms with van der Waals surface area (Å²) >= 11 is 5.99.